The third kappa shape index (κ3) is 6.65. The Hall–Kier alpha value is -2.71. The molecule has 0 radical (unpaired) electrons. The lowest BCUT2D eigenvalue weighted by atomic mass is 9.70. The highest BCUT2D eigenvalue weighted by atomic mass is 19.4. The Morgan fingerprint density at radius 2 is 1.52 bits per heavy atom. The number of rotatable bonds is 6. The zero-order valence-electron chi connectivity index (χ0n) is 17.8. The molecule has 3 atom stereocenters. The molecular formula is C24H24F6O3. The number of ether oxygens (including phenoxy) is 1. The van der Waals surface area contributed by atoms with Gasteiger partial charge in [-0.2, -0.15) is 26.3 Å². The summed E-state index contributed by atoms with van der Waals surface area (Å²) in [5.41, 5.74) is -0.496. The Morgan fingerprint density at radius 3 is 2.06 bits per heavy atom. The predicted octanol–water partition coefficient (Wildman–Crippen LogP) is 6.95. The number of benzene rings is 2. The first-order chi connectivity index (χ1) is 15.3. The van der Waals surface area contributed by atoms with Gasteiger partial charge in [-0.05, 0) is 84.9 Å². The standard InChI is InChI=1S/C24H24F6O3/c1-33-21-11-16(10-20(13-21)24(28,29)30)7-14-6-15(12-22(31)32)9-18(8-14)17-2-4-19(5-3-17)23(25,26)27/h2-5,10-11,13-15,18H,6-9,12H2,1H3,(H,31,32)/t14?,15-,18-/m0/s1. The summed E-state index contributed by atoms with van der Waals surface area (Å²) in [5, 5.41) is 9.25. The van der Waals surface area contributed by atoms with E-state index < -0.39 is 29.4 Å². The van der Waals surface area contributed by atoms with Gasteiger partial charge in [-0.25, -0.2) is 0 Å². The van der Waals surface area contributed by atoms with Crippen LogP contribution >= 0.6 is 0 Å². The summed E-state index contributed by atoms with van der Waals surface area (Å²) < 4.78 is 83.5. The normalized spacial score (nSPS) is 21.6. The molecule has 0 aliphatic heterocycles. The molecule has 1 fully saturated rings. The topological polar surface area (TPSA) is 46.5 Å². The highest BCUT2D eigenvalue weighted by molar-refractivity contribution is 5.67. The van der Waals surface area contributed by atoms with Gasteiger partial charge in [0.2, 0.25) is 0 Å². The van der Waals surface area contributed by atoms with Gasteiger partial charge in [0.05, 0.1) is 18.2 Å². The zero-order chi connectivity index (χ0) is 24.4. The van der Waals surface area contributed by atoms with Crippen LogP contribution < -0.4 is 4.74 Å². The van der Waals surface area contributed by atoms with E-state index in [1.54, 1.807) is 0 Å². The fourth-order valence-corrected chi connectivity index (χ4v) is 4.75. The van der Waals surface area contributed by atoms with Crippen molar-refractivity contribution in [2.24, 2.45) is 11.8 Å². The van der Waals surface area contributed by atoms with Crippen molar-refractivity contribution < 1.29 is 41.0 Å². The van der Waals surface area contributed by atoms with Crippen molar-refractivity contribution >= 4 is 5.97 Å². The van der Waals surface area contributed by atoms with Crippen LogP contribution in [0, 0.1) is 11.8 Å². The number of hydrogen-bond acceptors (Lipinski definition) is 2. The lowest BCUT2D eigenvalue weighted by molar-refractivity contribution is -0.139. The van der Waals surface area contributed by atoms with Crippen LogP contribution in [0.15, 0.2) is 42.5 Å². The van der Waals surface area contributed by atoms with Crippen LogP contribution in [0.4, 0.5) is 26.3 Å². The smallest absolute Gasteiger partial charge is 0.416 e. The van der Waals surface area contributed by atoms with Gasteiger partial charge < -0.3 is 9.84 Å². The molecule has 0 amide bonds. The summed E-state index contributed by atoms with van der Waals surface area (Å²) in [6, 6.07) is 8.33. The minimum Gasteiger partial charge on any atom is -0.497 e. The molecule has 0 bridgehead atoms. The van der Waals surface area contributed by atoms with Gasteiger partial charge in [-0.3, -0.25) is 4.79 Å². The zero-order valence-corrected chi connectivity index (χ0v) is 17.8. The Kier molecular flexibility index (Phi) is 7.29. The minimum absolute atomic E-state index is 0.0806. The second kappa shape index (κ2) is 9.65. The van der Waals surface area contributed by atoms with E-state index in [1.807, 2.05) is 0 Å². The van der Waals surface area contributed by atoms with Gasteiger partial charge >= 0.3 is 18.3 Å². The molecule has 0 aromatic heterocycles. The SMILES string of the molecule is COc1cc(CC2C[C@H](CC(=O)O)C[C@@H](c3ccc(C(F)(F)F)cc3)C2)cc(C(F)(F)F)c1. The molecule has 33 heavy (non-hydrogen) atoms. The van der Waals surface area contributed by atoms with Crippen LogP contribution in [0.25, 0.3) is 0 Å². The molecule has 1 N–H and O–H groups in total. The molecule has 1 saturated carbocycles. The predicted molar refractivity (Wildman–Crippen MR) is 109 cm³/mol. The fourth-order valence-electron chi connectivity index (χ4n) is 4.75. The van der Waals surface area contributed by atoms with Crippen LogP contribution in [-0.4, -0.2) is 18.2 Å². The number of carbonyl (C=O) groups is 1. The molecule has 2 aromatic rings. The number of carboxylic acids is 1. The largest absolute Gasteiger partial charge is 0.497 e. The molecule has 2 aromatic carbocycles. The highest BCUT2D eigenvalue weighted by Gasteiger charge is 2.35. The first-order valence-electron chi connectivity index (χ1n) is 10.5. The molecule has 0 spiro atoms. The maximum absolute atomic E-state index is 13.3. The van der Waals surface area contributed by atoms with Crippen molar-refractivity contribution in [3.05, 3.63) is 64.7 Å². The molecule has 1 aliphatic carbocycles. The fraction of sp³-hybridized carbons (Fsp3) is 0.458. The van der Waals surface area contributed by atoms with Gasteiger partial charge in [0, 0.05) is 6.42 Å². The lowest BCUT2D eigenvalue weighted by Gasteiger charge is -2.35. The van der Waals surface area contributed by atoms with E-state index in [4.69, 9.17) is 4.74 Å². The van der Waals surface area contributed by atoms with E-state index in [-0.39, 0.29) is 36.3 Å². The monoisotopic (exact) mass is 474 g/mol. The number of methoxy groups -OCH3 is 1. The van der Waals surface area contributed by atoms with Gasteiger partial charge in [-0.1, -0.05) is 12.1 Å². The third-order valence-corrected chi connectivity index (χ3v) is 6.13. The van der Waals surface area contributed by atoms with Crippen molar-refractivity contribution in [3.8, 4) is 5.75 Å². The summed E-state index contributed by atoms with van der Waals surface area (Å²) in [4.78, 5) is 11.3. The Labute approximate surface area is 187 Å². The van der Waals surface area contributed by atoms with Crippen molar-refractivity contribution in [2.45, 2.75) is 50.4 Å². The summed E-state index contributed by atoms with van der Waals surface area (Å²) >= 11 is 0. The van der Waals surface area contributed by atoms with Crippen LogP contribution in [0.1, 0.15) is 53.9 Å². The molecule has 1 aliphatic rings. The number of aliphatic carboxylic acids is 1. The second-order valence-corrected chi connectivity index (χ2v) is 8.63. The van der Waals surface area contributed by atoms with E-state index >= 15 is 0 Å². The van der Waals surface area contributed by atoms with Gasteiger partial charge in [0.15, 0.2) is 0 Å². The van der Waals surface area contributed by atoms with Crippen molar-refractivity contribution in [1.82, 2.24) is 0 Å². The van der Waals surface area contributed by atoms with Crippen LogP contribution in [0.2, 0.25) is 0 Å². The molecule has 3 rings (SSSR count). The van der Waals surface area contributed by atoms with Gasteiger partial charge in [-0.15, -0.1) is 0 Å². The van der Waals surface area contributed by atoms with Gasteiger partial charge in [0.25, 0.3) is 0 Å². The number of halogens is 6. The van der Waals surface area contributed by atoms with E-state index in [0.29, 0.717) is 30.4 Å². The molecule has 0 heterocycles. The average molecular weight is 474 g/mol. The van der Waals surface area contributed by atoms with Crippen molar-refractivity contribution in [3.63, 3.8) is 0 Å². The Morgan fingerprint density at radius 1 is 0.909 bits per heavy atom. The maximum Gasteiger partial charge on any atom is 0.416 e. The lowest BCUT2D eigenvalue weighted by Crippen LogP contribution is -2.25. The van der Waals surface area contributed by atoms with E-state index in [2.05, 4.69) is 0 Å². The highest BCUT2D eigenvalue weighted by Crippen LogP contribution is 2.43. The van der Waals surface area contributed by atoms with Crippen LogP contribution in [-0.2, 0) is 23.6 Å². The quantitative estimate of drug-likeness (QED) is 0.461. The Bertz CT molecular complexity index is 966. The second-order valence-electron chi connectivity index (χ2n) is 8.63. The minimum atomic E-state index is -4.54. The van der Waals surface area contributed by atoms with Crippen molar-refractivity contribution in [1.29, 1.82) is 0 Å². The molecular weight excluding hydrogens is 450 g/mol. The Balaban J connectivity index is 1.85. The number of alkyl halides is 6. The van der Waals surface area contributed by atoms with Crippen LogP contribution in [0.3, 0.4) is 0 Å². The summed E-state index contributed by atoms with van der Waals surface area (Å²) in [6.45, 7) is 0. The van der Waals surface area contributed by atoms with Crippen molar-refractivity contribution in [2.75, 3.05) is 7.11 Å². The molecule has 180 valence electrons. The first-order valence-corrected chi connectivity index (χ1v) is 10.5. The molecule has 0 saturated heterocycles. The summed E-state index contributed by atoms with van der Waals surface area (Å²) in [7, 11) is 1.28. The molecule has 3 nitrogen and oxygen atoms in total. The van der Waals surface area contributed by atoms with E-state index in [9.17, 15) is 36.2 Å². The summed E-state index contributed by atoms with van der Waals surface area (Å²) in [6.07, 6.45) is -7.25. The average Bonchev–Trinajstić information content (AvgIpc) is 2.71. The number of hydrogen-bond donors (Lipinski definition) is 1. The van der Waals surface area contributed by atoms with Gasteiger partial charge in [0.1, 0.15) is 5.75 Å². The van der Waals surface area contributed by atoms with E-state index in [0.717, 1.165) is 24.3 Å². The first kappa shape index (κ1) is 24.9. The number of carboxylic acid groups (broad SMARTS) is 1. The molecule has 1 unspecified atom stereocenters. The maximum atomic E-state index is 13.3. The third-order valence-electron chi connectivity index (χ3n) is 6.13. The summed E-state index contributed by atoms with van der Waals surface area (Å²) in [5.74, 6) is -1.42. The molecule has 9 heteroatoms. The van der Waals surface area contributed by atoms with E-state index in [1.165, 1.54) is 25.3 Å². The van der Waals surface area contributed by atoms with Crippen LogP contribution in [0.5, 0.6) is 5.75 Å².